The second kappa shape index (κ2) is 13.1. The van der Waals surface area contributed by atoms with Gasteiger partial charge in [-0.15, -0.1) is 0 Å². The minimum atomic E-state index is -1.33. The lowest BCUT2D eigenvalue weighted by Gasteiger charge is -2.33. The maximum absolute atomic E-state index is 14.7. The predicted octanol–water partition coefficient (Wildman–Crippen LogP) is 5.17. The first-order chi connectivity index (χ1) is 18.3. The first kappa shape index (κ1) is 30.2. The van der Waals surface area contributed by atoms with Crippen molar-refractivity contribution in [2.24, 2.45) is 11.8 Å². The van der Waals surface area contributed by atoms with E-state index in [1.807, 2.05) is 13.8 Å². The van der Waals surface area contributed by atoms with Gasteiger partial charge in [-0.05, 0) is 63.5 Å². The van der Waals surface area contributed by atoms with Crippen LogP contribution in [0.1, 0.15) is 78.1 Å². The van der Waals surface area contributed by atoms with E-state index in [-0.39, 0.29) is 17.9 Å². The number of piperidine rings is 1. The summed E-state index contributed by atoms with van der Waals surface area (Å²) in [6.07, 6.45) is 1.77. The van der Waals surface area contributed by atoms with Crippen molar-refractivity contribution >= 4 is 18.1 Å². The van der Waals surface area contributed by atoms with Crippen LogP contribution in [0.3, 0.4) is 0 Å². The fourth-order valence-corrected chi connectivity index (χ4v) is 4.50. The van der Waals surface area contributed by atoms with Gasteiger partial charge in [0.05, 0.1) is 6.61 Å². The molecule has 2 N–H and O–H groups in total. The highest BCUT2D eigenvalue weighted by atomic mass is 19.1. The number of alkyl carbamates (subject to hydrolysis) is 1. The first-order valence-electron chi connectivity index (χ1n) is 13.5. The minimum Gasteiger partial charge on any atom is -0.493 e. The second-order valence-electron chi connectivity index (χ2n) is 11.5. The fraction of sp³-hybridized carbons (Fsp3) is 0.643. The summed E-state index contributed by atoms with van der Waals surface area (Å²) in [5.41, 5.74) is -0.619. The molecule has 1 aromatic heterocycles. The van der Waals surface area contributed by atoms with Gasteiger partial charge in [0.2, 0.25) is 0 Å². The number of anilines is 1. The summed E-state index contributed by atoms with van der Waals surface area (Å²) in [5, 5.41) is 15.8. The van der Waals surface area contributed by atoms with Crippen LogP contribution in [-0.2, 0) is 16.0 Å². The van der Waals surface area contributed by atoms with Gasteiger partial charge in [0.1, 0.15) is 23.2 Å². The topological polar surface area (TPSA) is 127 Å². The standard InChI is InChI=1S/C28H41FN4O6/c1-17(2)24-31-26(39-32-24)33-12-9-19(10-13-33)18(3)11-14-37-21-8-7-20(22(29)16-21)15-23(25(34)35)30-27(36)38-28(4,5)6/h7-8,16-19,23H,9-15H2,1-6H3,(H,30,36)(H,34,35)/t18-,23+/m1/s1. The Morgan fingerprint density at radius 3 is 2.49 bits per heavy atom. The molecule has 1 amide bonds. The lowest BCUT2D eigenvalue weighted by atomic mass is 9.84. The van der Waals surface area contributed by atoms with Crippen LogP contribution in [0.2, 0.25) is 0 Å². The molecule has 1 aromatic carbocycles. The third-order valence-corrected chi connectivity index (χ3v) is 6.84. The highest BCUT2D eigenvalue weighted by Gasteiger charge is 2.27. The number of nitrogens with zero attached hydrogens (tertiary/aromatic N) is 3. The van der Waals surface area contributed by atoms with E-state index in [1.165, 1.54) is 12.1 Å². The molecule has 1 saturated heterocycles. The Kier molecular flexibility index (Phi) is 10.2. The number of aromatic nitrogens is 2. The van der Waals surface area contributed by atoms with Crippen molar-refractivity contribution < 1.29 is 33.1 Å². The number of carbonyl (C=O) groups excluding carboxylic acids is 1. The van der Waals surface area contributed by atoms with Gasteiger partial charge in [-0.25, -0.2) is 14.0 Å². The normalized spacial score (nSPS) is 16.2. The number of nitrogens with one attached hydrogen (secondary N) is 1. The van der Waals surface area contributed by atoms with E-state index in [0.717, 1.165) is 38.2 Å². The number of benzene rings is 1. The zero-order valence-corrected chi connectivity index (χ0v) is 23.7. The number of rotatable bonds is 11. The molecule has 0 radical (unpaired) electrons. The molecule has 10 nitrogen and oxygen atoms in total. The average Bonchev–Trinajstić information content (AvgIpc) is 3.35. The number of carboxylic acids is 1. The van der Waals surface area contributed by atoms with E-state index < -0.39 is 29.5 Å². The van der Waals surface area contributed by atoms with E-state index in [4.69, 9.17) is 14.0 Å². The predicted molar refractivity (Wildman–Crippen MR) is 143 cm³/mol. The molecule has 216 valence electrons. The van der Waals surface area contributed by atoms with E-state index in [9.17, 15) is 19.1 Å². The molecular weight excluding hydrogens is 507 g/mol. The summed E-state index contributed by atoms with van der Waals surface area (Å²) >= 11 is 0. The monoisotopic (exact) mass is 548 g/mol. The maximum Gasteiger partial charge on any atom is 0.408 e. The van der Waals surface area contributed by atoms with Crippen molar-refractivity contribution in [2.45, 2.75) is 84.8 Å². The number of halogens is 1. The van der Waals surface area contributed by atoms with Crippen molar-refractivity contribution in [3.63, 3.8) is 0 Å². The zero-order valence-electron chi connectivity index (χ0n) is 23.7. The van der Waals surface area contributed by atoms with Crippen LogP contribution >= 0.6 is 0 Å². The third-order valence-electron chi connectivity index (χ3n) is 6.84. The van der Waals surface area contributed by atoms with E-state index in [0.29, 0.717) is 30.2 Å². The molecule has 1 aliphatic rings. The zero-order chi connectivity index (χ0) is 28.7. The Morgan fingerprint density at radius 1 is 1.23 bits per heavy atom. The molecule has 1 aliphatic heterocycles. The number of carbonyl (C=O) groups is 2. The minimum absolute atomic E-state index is 0.160. The SMILES string of the molecule is CC(C)c1noc(N2CCC([C@H](C)CCOc3ccc(C[C@H](NC(=O)OC(C)(C)C)C(=O)O)c(F)c3)CC2)n1. The van der Waals surface area contributed by atoms with Crippen LogP contribution in [0.25, 0.3) is 0 Å². The molecule has 2 atom stereocenters. The Bertz CT molecular complexity index is 1110. The molecule has 0 spiro atoms. The largest absolute Gasteiger partial charge is 0.493 e. The number of aliphatic carboxylic acids is 1. The molecule has 3 rings (SSSR count). The quantitative estimate of drug-likeness (QED) is 0.391. The molecule has 11 heteroatoms. The number of ether oxygens (including phenoxy) is 2. The lowest BCUT2D eigenvalue weighted by molar-refractivity contribution is -0.139. The fourth-order valence-electron chi connectivity index (χ4n) is 4.50. The van der Waals surface area contributed by atoms with Gasteiger partial charge in [0.25, 0.3) is 0 Å². The van der Waals surface area contributed by atoms with Crippen molar-refractivity contribution in [2.75, 3.05) is 24.6 Å². The summed E-state index contributed by atoms with van der Waals surface area (Å²) in [4.78, 5) is 30.2. The molecule has 1 fully saturated rings. The molecular formula is C28H41FN4O6. The number of hydrogen-bond donors (Lipinski definition) is 2. The van der Waals surface area contributed by atoms with E-state index >= 15 is 0 Å². The van der Waals surface area contributed by atoms with Crippen molar-refractivity contribution in [1.82, 2.24) is 15.5 Å². The number of carboxylic acid groups (broad SMARTS) is 1. The third kappa shape index (κ3) is 9.11. The Balaban J connectivity index is 1.44. The maximum atomic E-state index is 14.7. The van der Waals surface area contributed by atoms with Crippen LogP contribution in [0.4, 0.5) is 15.2 Å². The molecule has 0 bridgehead atoms. The van der Waals surface area contributed by atoms with Gasteiger partial charge < -0.3 is 29.3 Å². The van der Waals surface area contributed by atoms with Crippen molar-refractivity contribution in [3.8, 4) is 5.75 Å². The van der Waals surface area contributed by atoms with E-state index in [2.05, 4.69) is 27.3 Å². The second-order valence-corrected chi connectivity index (χ2v) is 11.5. The van der Waals surface area contributed by atoms with Crippen LogP contribution < -0.4 is 15.0 Å². The van der Waals surface area contributed by atoms with Gasteiger partial charge >= 0.3 is 18.1 Å². The molecule has 39 heavy (non-hydrogen) atoms. The highest BCUT2D eigenvalue weighted by Crippen LogP contribution is 2.30. The summed E-state index contributed by atoms with van der Waals surface area (Å²) in [7, 11) is 0. The summed E-state index contributed by atoms with van der Waals surface area (Å²) in [6.45, 7) is 13.5. The van der Waals surface area contributed by atoms with Gasteiger partial charge in [-0.1, -0.05) is 32.0 Å². The average molecular weight is 549 g/mol. The van der Waals surface area contributed by atoms with Crippen molar-refractivity contribution in [1.29, 1.82) is 0 Å². The Labute approximate surface area is 229 Å². The van der Waals surface area contributed by atoms with E-state index in [1.54, 1.807) is 26.8 Å². The smallest absolute Gasteiger partial charge is 0.408 e. The van der Waals surface area contributed by atoms with Crippen LogP contribution in [0.5, 0.6) is 5.75 Å². The van der Waals surface area contributed by atoms with Crippen molar-refractivity contribution in [3.05, 3.63) is 35.4 Å². The molecule has 0 unspecified atom stereocenters. The first-order valence-corrected chi connectivity index (χ1v) is 13.5. The lowest BCUT2D eigenvalue weighted by Crippen LogP contribution is -2.44. The summed E-state index contributed by atoms with van der Waals surface area (Å²) in [6, 6.07) is 3.61. The highest BCUT2D eigenvalue weighted by molar-refractivity contribution is 5.80. The molecule has 0 aliphatic carbocycles. The Morgan fingerprint density at radius 2 is 1.92 bits per heavy atom. The number of amides is 1. The van der Waals surface area contributed by atoms with Crippen LogP contribution in [0.15, 0.2) is 22.7 Å². The van der Waals surface area contributed by atoms with Gasteiger partial charge in [-0.2, -0.15) is 4.98 Å². The van der Waals surface area contributed by atoms with Gasteiger partial charge in [0.15, 0.2) is 5.82 Å². The molecule has 0 saturated carbocycles. The molecule has 2 heterocycles. The van der Waals surface area contributed by atoms with Gasteiger partial charge in [-0.3, -0.25) is 0 Å². The summed E-state index contributed by atoms with van der Waals surface area (Å²) < 4.78 is 31.1. The van der Waals surface area contributed by atoms with Crippen LogP contribution in [0, 0.1) is 17.7 Å². The molecule has 2 aromatic rings. The Hall–Kier alpha value is -3.37. The number of hydrogen-bond acceptors (Lipinski definition) is 8. The van der Waals surface area contributed by atoms with Crippen LogP contribution in [-0.4, -0.2) is 58.6 Å². The van der Waals surface area contributed by atoms with Gasteiger partial charge in [0, 0.05) is 31.5 Å². The summed E-state index contributed by atoms with van der Waals surface area (Å²) in [5.74, 6) is 0.434.